The molecule has 46 heavy (non-hydrogen) atoms. The molecule has 2 unspecified atom stereocenters. The molecule has 0 saturated carbocycles. The largest absolute Gasteiger partial charge is 0.459 e. The Hall–Kier alpha value is -2.57. The molecule has 2 amide bonds. The number of hydrogen-bond donors (Lipinski definition) is 2. The summed E-state index contributed by atoms with van der Waals surface area (Å²) in [4.78, 5) is 36.0. The fraction of sp³-hybridized carbons (Fsp3) is 0.743. The Kier molecular flexibility index (Phi) is 14.9. The standard InChI is InChI=1S/C35H56N2O9/c1-9-17-36-33(40)19-28-20-35(21-42-35)34(45-27(8)41-10-2)31(46-28)15-12-22(3)11-14-30-23(4)18-29(25(6)44-30)37-32(39)16-13-24(5)43-26(7)38/h11-13,15-16,23-25,27-31,34H,9-10,14,17-21H2,1-8H3,(H,36,40)(H,37,39)/b15-12+,16-13?,22-11+/t23-,24?,25+,27?,28+,29+,30-,31+,34+,35+/m0/s1. The summed E-state index contributed by atoms with van der Waals surface area (Å²) >= 11 is 0. The van der Waals surface area contributed by atoms with Crippen molar-refractivity contribution in [2.24, 2.45) is 5.92 Å². The SMILES string of the molecule is CCCNC(=O)C[C@@H]1C[C@@]2(CO2)[C@H](OC(C)OCC)[C@@H](/C=C/C(C)=C/C[C@@H]2O[C@H](C)[C@H](NC(=O)C=CC(C)OC(C)=O)C[C@@H]2C)O1. The van der Waals surface area contributed by atoms with E-state index in [9.17, 15) is 14.4 Å². The number of rotatable bonds is 16. The first-order valence-corrected chi connectivity index (χ1v) is 16.8. The fourth-order valence-electron chi connectivity index (χ4n) is 6.09. The van der Waals surface area contributed by atoms with Gasteiger partial charge in [0.15, 0.2) is 6.29 Å². The number of amides is 2. The van der Waals surface area contributed by atoms with Crippen molar-refractivity contribution < 1.29 is 42.8 Å². The van der Waals surface area contributed by atoms with Crippen molar-refractivity contribution in [1.82, 2.24) is 10.6 Å². The van der Waals surface area contributed by atoms with Gasteiger partial charge >= 0.3 is 5.97 Å². The van der Waals surface area contributed by atoms with Crippen LogP contribution in [0.25, 0.3) is 0 Å². The van der Waals surface area contributed by atoms with Gasteiger partial charge in [-0.15, -0.1) is 0 Å². The molecule has 0 aliphatic carbocycles. The molecule has 11 nitrogen and oxygen atoms in total. The molecular weight excluding hydrogens is 592 g/mol. The second-order valence-electron chi connectivity index (χ2n) is 12.8. The first-order valence-electron chi connectivity index (χ1n) is 16.8. The van der Waals surface area contributed by atoms with Crippen molar-refractivity contribution in [1.29, 1.82) is 0 Å². The molecule has 3 heterocycles. The highest BCUT2D eigenvalue weighted by atomic mass is 16.7. The van der Waals surface area contributed by atoms with Crippen molar-refractivity contribution in [2.45, 2.75) is 142 Å². The second kappa shape index (κ2) is 18.1. The van der Waals surface area contributed by atoms with Gasteiger partial charge in [-0.1, -0.05) is 37.6 Å². The maximum absolute atomic E-state index is 12.5. The third-order valence-electron chi connectivity index (χ3n) is 8.62. The van der Waals surface area contributed by atoms with Crippen LogP contribution in [0.1, 0.15) is 87.5 Å². The van der Waals surface area contributed by atoms with Gasteiger partial charge in [0.25, 0.3) is 0 Å². The lowest BCUT2D eigenvalue weighted by Crippen LogP contribution is -2.53. The molecule has 260 valence electrons. The predicted octanol–water partition coefficient (Wildman–Crippen LogP) is 4.30. The van der Waals surface area contributed by atoms with E-state index >= 15 is 0 Å². The van der Waals surface area contributed by atoms with E-state index in [1.807, 2.05) is 46.8 Å². The highest BCUT2D eigenvalue weighted by molar-refractivity contribution is 5.87. The first kappa shape index (κ1) is 37.9. The fourth-order valence-corrected chi connectivity index (χ4v) is 6.09. The zero-order valence-electron chi connectivity index (χ0n) is 28.9. The smallest absolute Gasteiger partial charge is 0.303 e. The van der Waals surface area contributed by atoms with Gasteiger partial charge in [0.2, 0.25) is 11.8 Å². The summed E-state index contributed by atoms with van der Waals surface area (Å²) in [5, 5.41) is 5.97. The summed E-state index contributed by atoms with van der Waals surface area (Å²) in [5.74, 6) is -0.426. The van der Waals surface area contributed by atoms with Crippen LogP contribution in [0.2, 0.25) is 0 Å². The Balaban J connectivity index is 1.60. The minimum absolute atomic E-state index is 0.00855. The van der Waals surface area contributed by atoms with E-state index in [4.69, 9.17) is 28.4 Å². The maximum Gasteiger partial charge on any atom is 0.303 e. The quantitative estimate of drug-likeness (QED) is 0.0827. The number of allylic oxidation sites excluding steroid dienone is 2. The van der Waals surface area contributed by atoms with Gasteiger partial charge in [-0.3, -0.25) is 14.4 Å². The van der Waals surface area contributed by atoms with E-state index in [2.05, 4.69) is 23.6 Å². The lowest BCUT2D eigenvalue weighted by Gasteiger charge is -2.40. The topological polar surface area (TPSA) is 134 Å². The summed E-state index contributed by atoms with van der Waals surface area (Å²) in [5.41, 5.74) is 0.565. The van der Waals surface area contributed by atoms with Crippen LogP contribution in [0, 0.1) is 5.92 Å². The molecule has 11 heteroatoms. The Morgan fingerprint density at radius 2 is 1.83 bits per heavy atom. The van der Waals surface area contributed by atoms with Crippen molar-refractivity contribution in [3.05, 3.63) is 36.0 Å². The van der Waals surface area contributed by atoms with Crippen LogP contribution < -0.4 is 10.6 Å². The Morgan fingerprint density at radius 3 is 2.48 bits per heavy atom. The lowest BCUT2D eigenvalue weighted by molar-refractivity contribution is -0.226. The molecule has 0 aromatic rings. The van der Waals surface area contributed by atoms with Crippen molar-refractivity contribution >= 4 is 17.8 Å². The number of ether oxygens (including phenoxy) is 6. The molecule has 10 atom stereocenters. The molecule has 0 radical (unpaired) electrons. The van der Waals surface area contributed by atoms with Crippen LogP contribution in [0.5, 0.6) is 0 Å². The third kappa shape index (κ3) is 11.9. The summed E-state index contributed by atoms with van der Waals surface area (Å²) in [6.45, 7) is 16.8. The Bertz CT molecular complexity index is 1100. The molecule has 0 bridgehead atoms. The minimum atomic E-state index is -0.490. The van der Waals surface area contributed by atoms with Crippen LogP contribution in [0.4, 0.5) is 0 Å². The molecule has 3 aliphatic heterocycles. The third-order valence-corrected chi connectivity index (χ3v) is 8.62. The van der Waals surface area contributed by atoms with Gasteiger partial charge in [-0.25, -0.2) is 0 Å². The number of epoxide rings is 1. The average Bonchev–Trinajstić information content (AvgIpc) is 3.75. The number of nitrogens with one attached hydrogen (secondary N) is 2. The van der Waals surface area contributed by atoms with E-state index in [-0.39, 0.29) is 54.6 Å². The number of carbonyl (C=O) groups is 3. The number of carbonyl (C=O) groups excluding carboxylic acids is 3. The lowest BCUT2D eigenvalue weighted by atomic mass is 9.87. The van der Waals surface area contributed by atoms with Gasteiger partial charge in [-0.2, -0.15) is 0 Å². The molecule has 3 saturated heterocycles. The summed E-state index contributed by atoms with van der Waals surface area (Å²) in [7, 11) is 0. The Morgan fingerprint density at radius 1 is 1.09 bits per heavy atom. The zero-order chi connectivity index (χ0) is 33.9. The van der Waals surface area contributed by atoms with Crippen LogP contribution >= 0.6 is 0 Å². The van der Waals surface area contributed by atoms with Gasteiger partial charge in [0.05, 0.1) is 37.4 Å². The molecule has 3 aliphatic rings. The van der Waals surface area contributed by atoms with E-state index in [0.29, 0.717) is 26.2 Å². The molecule has 1 spiro atoms. The van der Waals surface area contributed by atoms with Crippen molar-refractivity contribution in [3.8, 4) is 0 Å². The molecule has 2 N–H and O–H groups in total. The van der Waals surface area contributed by atoms with Crippen molar-refractivity contribution in [3.63, 3.8) is 0 Å². The van der Waals surface area contributed by atoms with E-state index < -0.39 is 30.1 Å². The predicted molar refractivity (Wildman–Crippen MR) is 174 cm³/mol. The van der Waals surface area contributed by atoms with Gasteiger partial charge in [0.1, 0.15) is 23.9 Å². The number of esters is 1. The second-order valence-corrected chi connectivity index (χ2v) is 12.8. The molecule has 0 aromatic heterocycles. The molecule has 0 aromatic carbocycles. The van der Waals surface area contributed by atoms with E-state index in [0.717, 1.165) is 24.8 Å². The van der Waals surface area contributed by atoms with Crippen LogP contribution in [-0.2, 0) is 42.8 Å². The average molecular weight is 649 g/mol. The summed E-state index contributed by atoms with van der Waals surface area (Å²) in [6.07, 6.45) is 10.3. The molecule has 3 rings (SSSR count). The van der Waals surface area contributed by atoms with Gasteiger partial charge < -0.3 is 39.1 Å². The number of hydrogen-bond acceptors (Lipinski definition) is 9. The van der Waals surface area contributed by atoms with Gasteiger partial charge in [0, 0.05) is 32.6 Å². The first-order chi connectivity index (χ1) is 21.8. The van der Waals surface area contributed by atoms with Crippen LogP contribution in [0.3, 0.4) is 0 Å². The monoisotopic (exact) mass is 648 g/mol. The van der Waals surface area contributed by atoms with Crippen LogP contribution in [-0.4, -0.2) is 92.1 Å². The highest BCUT2D eigenvalue weighted by Gasteiger charge is 2.60. The molecular formula is C35H56N2O9. The van der Waals surface area contributed by atoms with Gasteiger partial charge in [-0.05, 0) is 65.9 Å². The summed E-state index contributed by atoms with van der Waals surface area (Å²) < 4.78 is 35.8. The minimum Gasteiger partial charge on any atom is -0.459 e. The Labute approximate surface area is 274 Å². The normalized spacial score (nSPS) is 32.8. The van der Waals surface area contributed by atoms with E-state index in [1.165, 1.54) is 13.0 Å². The zero-order valence-corrected chi connectivity index (χ0v) is 28.9. The van der Waals surface area contributed by atoms with E-state index in [1.54, 1.807) is 13.0 Å². The molecule has 3 fully saturated rings. The van der Waals surface area contributed by atoms with Crippen LogP contribution in [0.15, 0.2) is 36.0 Å². The summed E-state index contributed by atoms with van der Waals surface area (Å²) in [6, 6.07) is -0.120. The maximum atomic E-state index is 12.5. The highest BCUT2D eigenvalue weighted by Crippen LogP contribution is 2.45. The van der Waals surface area contributed by atoms with Crippen molar-refractivity contribution in [2.75, 3.05) is 19.8 Å².